The highest BCUT2D eigenvalue weighted by atomic mass is 16.5. The molecule has 1 rings (SSSR count). The summed E-state index contributed by atoms with van der Waals surface area (Å²) in [7, 11) is 1.36. The molecule has 10 heavy (non-hydrogen) atoms. The van der Waals surface area contributed by atoms with Crippen LogP contribution in [0.1, 0.15) is 0 Å². The number of aromatic nitrogens is 3. The van der Waals surface area contributed by atoms with Crippen molar-refractivity contribution in [1.82, 2.24) is 15.0 Å². The zero-order valence-corrected chi connectivity index (χ0v) is 5.29. The van der Waals surface area contributed by atoms with Crippen LogP contribution in [0.15, 0.2) is 4.79 Å². The Balaban J connectivity index is 3.19. The van der Waals surface area contributed by atoms with Crippen LogP contribution < -0.4 is 16.2 Å². The van der Waals surface area contributed by atoms with Crippen LogP contribution in [0.3, 0.4) is 0 Å². The van der Waals surface area contributed by atoms with Crippen molar-refractivity contribution >= 4 is 5.95 Å². The standard InChI is InChI=1S/C4H6N4O2/c1-10-4-7-2(5)6-3(9)8-4/h1H3,(H3,5,6,7,8,9). The molecule has 0 aliphatic rings. The number of ether oxygens (including phenoxy) is 1. The zero-order valence-electron chi connectivity index (χ0n) is 5.29. The fraction of sp³-hybridized carbons (Fsp3) is 0.250. The first-order chi connectivity index (χ1) is 4.72. The number of nitrogen functional groups attached to an aromatic ring is 1. The Hall–Kier alpha value is -1.59. The molecule has 6 nitrogen and oxygen atoms in total. The van der Waals surface area contributed by atoms with Gasteiger partial charge in [0.2, 0.25) is 5.95 Å². The molecule has 0 atom stereocenters. The topological polar surface area (TPSA) is 93.9 Å². The highest BCUT2D eigenvalue weighted by Crippen LogP contribution is 1.94. The van der Waals surface area contributed by atoms with Gasteiger partial charge in [0.15, 0.2) is 0 Å². The van der Waals surface area contributed by atoms with Gasteiger partial charge in [0.1, 0.15) is 0 Å². The molecule has 0 amide bonds. The van der Waals surface area contributed by atoms with Gasteiger partial charge in [-0.25, -0.2) is 4.79 Å². The van der Waals surface area contributed by atoms with Crippen LogP contribution in [0.5, 0.6) is 6.01 Å². The van der Waals surface area contributed by atoms with Crippen LogP contribution in [0.25, 0.3) is 0 Å². The van der Waals surface area contributed by atoms with Crippen molar-refractivity contribution in [2.45, 2.75) is 0 Å². The van der Waals surface area contributed by atoms with E-state index < -0.39 is 5.69 Å². The molecule has 0 radical (unpaired) electrons. The molecule has 1 aromatic heterocycles. The SMILES string of the molecule is COc1nc(N)[nH]c(=O)n1. The van der Waals surface area contributed by atoms with Crippen molar-refractivity contribution < 1.29 is 4.74 Å². The lowest BCUT2D eigenvalue weighted by Gasteiger charge is -1.94. The van der Waals surface area contributed by atoms with E-state index in [1.165, 1.54) is 7.11 Å². The number of nitrogens with two attached hydrogens (primary N) is 1. The van der Waals surface area contributed by atoms with E-state index in [-0.39, 0.29) is 12.0 Å². The highest BCUT2D eigenvalue weighted by Gasteiger charge is 1.96. The Morgan fingerprint density at radius 2 is 2.30 bits per heavy atom. The number of rotatable bonds is 1. The van der Waals surface area contributed by atoms with Crippen LogP contribution in [0, 0.1) is 0 Å². The third-order valence-corrected chi connectivity index (χ3v) is 0.831. The summed E-state index contributed by atoms with van der Waals surface area (Å²) in [5.41, 5.74) is 4.58. The maximum Gasteiger partial charge on any atom is 0.352 e. The van der Waals surface area contributed by atoms with Crippen molar-refractivity contribution in [2.24, 2.45) is 0 Å². The van der Waals surface area contributed by atoms with Crippen LogP contribution in [-0.4, -0.2) is 22.1 Å². The van der Waals surface area contributed by atoms with E-state index in [1.54, 1.807) is 0 Å². The Labute approximate surface area is 56.1 Å². The van der Waals surface area contributed by atoms with E-state index in [1.807, 2.05) is 0 Å². The number of hydrogen-bond donors (Lipinski definition) is 2. The first-order valence-electron chi connectivity index (χ1n) is 2.50. The molecule has 6 heteroatoms. The van der Waals surface area contributed by atoms with E-state index in [4.69, 9.17) is 5.73 Å². The van der Waals surface area contributed by atoms with Crippen molar-refractivity contribution in [3.05, 3.63) is 10.5 Å². The summed E-state index contributed by atoms with van der Waals surface area (Å²) in [5.74, 6) is -0.00292. The first kappa shape index (κ1) is 6.53. The lowest BCUT2D eigenvalue weighted by atomic mass is 10.9. The van der Waals surface area contributed by atoms with Gasteiger partial charge >= 0.3 is 11.7 Å². The van der Waals surface area contributed by atoms with Crippen LogP contribution >= 0.6 is 0 Å². The van der Waals surface area contributed by atoms with E-state index >= 15 is 0 Å². The second-order valence-electron chi connectivity index (χ2n) is 1.53. The molecule has 0 unspecified atom stereocenters. The van der Waals surface area contributed by atoms with Crippen molar-refractivity contribution in [2.75, 3.05) is 12.8 Å². The van der Waals surface area contributed by atoms with Crippen molar-refractivity contribution in [3.8, 4) is 6.01 Å². The smallest absolute Gasteiger partial charge is 0.352 e. The molecule has 0 saturated heterocycles. The maximum atomic E-state index is 10.5. The zero-order chi connectivity index (χ0) is 7.56. The van der Waals surface area contributed by atoms with E-state index in [0.717, 1.165) is 0 Å². The first-order valence-corrected chi connectivity index (χ1v) is 2.50. The predicted octanol–water partition coefficient (Wildman–Crippen LogP) is -1.24. The number of hydrogen-bond acceptors (Lipinski definition) is 5. The minimum Gasteiger partial charge on any atom is -0.467 e. The number of nitrogens with one attached hydrogen (secondary N) is 1. The quantitative estimate of drug-likeness (QED) is 0.511. The number of aromatic amines is 1. The summed E-state index contributed by atoms with van der Waals surface area (Å²) in [6, 6.07) is -0.0266. The molecule has 1 heterocycles. The Bertz CT molecular complexity index is 281. The van der Waals surface area contributed by atoms with Crippen molar-refractivity contribution in [1.29, 1.82) is 0 Å². The summed E-state index contributed by atoms with van der Waals surface area (Å²) >= 11 is 0. The van der Waals surface area contributed by atoms with Gasteiger partial charge in [0.25, 0.3) is 0 Å². The number of methoxy groups -OCH3 is 1. The third kappa shape index (κ3) is 1.22. The molecule has 0 fully saturated rings. The van der Waals surface area contributed by atoms with Gasteiger partial charge in [-0.1, -0.05) is 0 Å². The molecule has 1 aromatic rings. The second kappa shape index (κ2) is 2.34. The number of H-pyrrole nitrogens is 1. The van der Waals surface area contributed by atoms with Crippen LogP contribution in [-0.2, 0) is 0 Å². The molecule has 0 aliphatic heterocycles. The minimum atomic E-state index is -0.565. The molecule has 0 bridgehead atoms. The van der Waals surface area contributed by atoms with Gasteiger partial charge in [0.05, 0.1) is 7.11 Å². The summed E-state index contributed by atoms with van der Waals surface area (Å²) in [4.78, 5) is 19.5. The summed E-state index contributed by atoms with van der Waals surface area (Å²) in [5, 5.41) is 0. The molecule has 3 N–H and O–H groups in total. The van der Waals surface area contributed by atoms with Gasteiger partial charge in [-0.05, 0) is 0 Å². The van der Waals surface area contributed by atoms with E-state index in [9.17, 15) is 4.79 Å². The Morgan fingerprint density at radius 1 is 1.60 bits per heavy atom. The van der Waals surface area contributed by atoms with Gasteiger partial charge < -0.3 is 10.5 Å². The number of nitrogens with zero attached hydrogens (tertiary/aromatic N) is 2. The second-order valence-corrected chi connectivity index (χ2v) is 1.53. The molecule has 0 saturated carbocycles. The molecular formula is C4H6N4O2. The lowest BCUT2D eigenvalue weighted by Crippen LogP contribution is -2.15. The Kier molecular flexibility index (Phi) is 1.53. The van der Waals surface area contributed by atoms with Gasteiger partial charge in [-0.3, -0.25) is 4.98 Å². The van der Waals surface area contributed by atoms with Crippen molar-refractivity contribution in [3.63, 3.8) is 0 Å². The van der Waals surface area contributed by atoms with Crippen LogP contribution in [0.4, 0.5) is 5.95 Å². The molecule has 0 spiro atoms. The van der Waals surface area contributed by atoms with E-state index in [2.05, 4.69) is 19.7 Å². The largest absolute Gasteiger partial charge is 0.467 e. The van der Waals surface area contributed by atoms with Gasteiger partial charge in [-0.15, -0.1) is 4.98 Å². The fourth-order valence-electron chi connectivity index (χ4n) is 0.472. The molecule has 0 aromatic carbocycles. The summed E-state index contributed by atoms with van der Waals surface area (Å²) < 4.78 is 4.55. The van der Waals surface area contributed by atoms with Gasteiger partial charge in [0, 0.05) is 0 Å². The average Bonchev–Trinajstić information content (AvgIpc) is 1.85. The monoisotopic (exact) mass is 142 g/mol. The minimum absolute atomic E-state index is 0.00292. The fourth-order valence-corrected chi connectivity index (χ4v) is 0.472. The molecule has 54 valence electrons. The lowest BCUT2D eigenvalue weighted by molar-refractivity contribution is 0.377. The third-order valence-electron chi connectivity index (χ3n) is 0.831. The highest BCUT2D eigenvalue weighted by molar-refractivity contribution is 5.14. The average molecular weight is 142 g/mol. The van der Waals surface area contributed by atoms with Gasteiger partial charge in [-0.2, -0.15) is 4.98 Å². The normalized spacial score (nSPS) is 9.30. The molecular weight excluding hydrogens is 136 g/mol. The summed E-state index contributed by atoms with van der Waals surface area (Å²) in [6.07, 6.45) is 0. The predicted molar refractivity (Wildman–Crippen MR) is 33.6 cm³/mol. The summed E-state index contributed by atoms with van der Waals surface area (Å²) in [6.45, 7) is 0. The Morgan fingerprint density at radius 3 is 2.80 bits per heavy atom. The van der Waals surface area contributed by atoms with E-state index in [0.29, 0.717) is 0 Å². The number of anilines is 1. The van der Waals surface area contributed by atoms with Crippen LogP contribution in [0.2, 0.25) is 0 Å². The molecule has 0 aliphatic carbocycles. The maximum absolute atomic E-state index is 10.5.